The number of hydrogen-bond acceptors (Lipinski definition) is 3. The van der Waals surface area contributed by atoms with Gasteiger partial charge in [0.25, 0.3) is 0 Å². The van der Waals surface area contributed by atoms with Crippen molar-refractivity contribution in [1.29, 1.82) is 5.41 Å². The van der Waals surface area contributed by atoms with Crippen molar-refractivity contribution in [2.24, 2.45) is 5.92 Å². The lowest BCUT2D eigenvalue weighted by atomic mass is 9.73. The van der Waals surface area contributed by atoms with Gasteiger partial charge in [-0.25, -0.2) is 0 Å². The Morgan fingerprint density at radius 2 is 1.85 bits per heavy atom. The van der Waals surface area contributed by atoms with Crippen molar-refractivity contribution < 1.29 is 10.2 Å². The summed E-state index contributed by atoms with van der Waals surface area (Å²) < 4.78 is 0. The summed E-state index contributed by atoms with van der Waals surface area (Å²) in [6.45, 7) is 1.94. The smallest absolute Gasteiger partial charge is 0.0897 e. The molecule has 3 N–H and O–H groups in total. The van der Waals surface area contributed by atoms with Crippen LogP contribution in [0.1, 0.15) is 50.2 Å². The Morgan fingerprint density at radius 3 is 2.46 bits per heavy atom. The molecule has 1 aliphatic rings. The molecule has 1 aliphatic carbocycles. The molecule has 3 heteroatoms. The van der Waals surface area contributed by atoms with Gasteiger partial charge in [0, 0.05) is 5.71 Å². The molecule has 0 amide bonds. The fourth-order valence-corrected chi connectivity index (χ4v) is 4.03. The van der Waals surface area contributed by atoms with Crippen LogP contribution in [0.25, 0.3) is 11.1 Å². The van der Waals surface area contributed by atoms with E-state index in [1.807, 2.05) is 61.9 Å². The van der Waals surface area contributed by atoms with E-state index in [0.29, 0.717) is 12.8 Å². The van der Waals surface area contributed by atoms with Crippen LogP contribution in [0.5, 0.6) is 0 Å². The van der Waals surface area contributed by atoms with Gasteiger partial charge in [-0.3, -0.25) is 0 Å². The van der Waals surface area contributed by atoms with Crippen LogP contribution in [0.4, 0.5) is 0 Å². The van der Waals surface area contributed by atoms with Crippen LogP contribution in [-0.4, -0.2) is 15.9 Å². The van der Waals surface area contributed by atoms with Gasteiger partial charge in [-0.15, -0.1) is 0 Å². The summed E-state index contributed by atoms with van der Waals surface area (Å²) >= 11 is 0. The highest BCUT2D eigenvalue weighted by molar-refractivity contribution is 5.84. The summed E-state index contributed by atoms with van der Waals surface area (Å²) in [4.78, 5) is 0. The normalized spacial score (nSPS) is 23.0. The Balaban J connectivity index is 1.80. The highest BCUT2D eigenvalue weighted by atomic mass is 16.3. The van der Waals surface area contributed by atoms with Crippen molar-refractivity contribution in [2.75, 3.05) is 0 Å². The zero-order valence-corrected chi connectivity index (χ0v) is 15.4. The van der Waals surface area contributed by atoms with Crippen molar-refractivity contribution >= 4 is 5.71 Å². The Bertz CT molecular complexity index is 746. The third-order valence-corrected chi connectivity index (χ3v) is 5.63. The molecule has 0 heterocycles. The molecule has 3 nitrogen and oxygen atoms in total. The first-order valence-electron chi connectivity index (χ1n) is 9.44. The first-order valence-corrected chi connectivity index (χ1v) is 9.44. The van der Waals surface area contributed by atoms with Crippen molar-refractivity contribution in [3.63, 3.8) is 0 Å². The molecule has 137 valence electrons. The maximum absolute atomic E-state index is 11.2. The summed E-state index contributed by atoms with van der Waals surface area (Å²) in [5, 5.41) is 29.2. The first-order chi connectivity index (χ1) is 12.6. The van der Waals surface area contributed by atoms with Crippen molar-refractivity contribution in [3.8, 4) is 11.1 Å². The average Bonchev–Trinajstić information content (AvgIpc) is 2.69. The van der Waals surface area contributed by atoms with Crippen LogP contribution in [0, 0.1) is 17.7 Å². The number of hydrogen-bond donors (Lipinski definition) is 3. The molecule has 0 bridgehead atoms. The minimum Gasteiger partial charge on any atom is -0.392 e. The molecule has 2 aromatic rings. The van der Waals surface area contributed by atoms with Gasteiger partial charge in [0.2, 0.25) is 0 Å². The second-order valence-electron chi connectivity index (χ2n) is 7.34. The molecular weight excluding hydrogens is 322 g/mol. The lowest BCUT2D eigenvalue weighted by molar-refractivity contribution is -0.00722. The molecule has 3 rings (SSSR count). The Kier molecular flexibility index (Phi) is 5.90. The number of rotatable bonds is 6. The van der Waals surface area contributed by atoms with E-state index < -0.39 is 5.60 Å². The van der Waals surface area contributed by atoms with E-state index in [1.54, 1.807) is 0 Å². The van der Waals surface area contributed by atoms with E-state index in [4.69, 9.17) is 5.41 Å². The molecule has 1 saturated carbocycles. The predicted octanol–water partition coefficient (Wildman–Crippen LogP) is 4.86. The van der Waals surface area contributed by atoms with Gasteiger partial charge in [0.1, 0.15) is 0 Å². The van der Waals surface area contributed by atoms with Crippen LogP contribution in [0.15, 0.2) is 48.5 Å². The summed E-state index contributed by atoms with van der Waals surface area (Å²) in [7, 11) is 0. The van der Waals surface area contributed by atoms with Gasteiger partial charge >= 0.3 is 0 Å². The molecule has 0 atom stereocenters. The highest BCUT2D eigenvalue weighted by Gasteiger charge is 2.36. The minimum absolute atomic E-state index is 0.0479. The van der Waals surface area contributed by atoms with E-state index in [2.05, 4.69) is 0 Å². The molecule has 1 radical (unpaired) electrons. The molecule has 0 saturated heterocycles. The minimum atomic E-state index is -0.855. The topological polar surface area (TPSA) is 64.3 Å². The molecule has 1 fully saturated rings. The van der Waals surface area contributed by atoms with Crippen molar-refractivity contribution in [1.82, 2.24) is 0 Å². The second-order valence-corrected chi connectivity index (χ2v) is 7.34. The quantitative estimate of drug-likeness (QED) is 0.652. The summed E-state index contributed by atoms with van der Waals surface area (Å²) in [5.41, 5.74) is 3.74. The van der Waals surface area contributed by atoms with Crippen LogP contribution >= 0.6 is 0 Å². The summed E-state index contributed by atoms with van der Waals surface area (Å²) in [6, 6.07) is 16.0. The van der Waals surface area contributed by atoms with Crippen LogP contribution in [-0.2, 0) is 12.2 Å². The van der Waals surface area contributed by atoms with E-state index in [-0.39, 0.29) is 12.5 Å². The molecule has 26 heavy (non-hydrogen) atoms. The molecule has 0 aromatic heterocycles. The third-order valence-electron chi connectivity index (χ3n) is 5.63. The molecule has 0 unspecified atom stereocenters. The van der Waals surface area contributed by atoms with Gasteiger partial charge in [0.05, 0.1) is 12.2 Å². The zero-order chi connectivity index (χ0) is 18.6. The van der Waals surface area contributed by atoms with Crippen LogP contribution in [0.2, 0.25) is 0 Å². The standard InChI is InChI=1S/C23H28NO2/c1-2-6-22(24)18-11-13-23(26,14-12-18)20-9-10-21(19(15-20)16-25)17-7-4-3-5-8-17/h2-5,7-10,15,18,24-26H,6,11-14,16H2,1H3. The van der Waals surface area contributed by atoms with E-state index in [9.17, 15) is 10.2 Å². The lowest BCUT2D eigenvalue weighted by Crippen LogP contribution is -2.33. The summed E-state index contributed by atoms with van der Waals surface area (Å²) in [5.74, 6) is 0.285. The fourth-order valence-electron chi connectivity index (χ4n) is 4.03. The predicted molar refractivity (Wildman–Crippen MR) is 106 cm³/mol. The van der Waals surface area contributed by atoms with Crippen LogP contribution in [0.3, 0.4) is 0 Å². The number of aliphatic hydroxyl groups excluding tert-OH is 1. The molecule has 0 spiro atoms. The van der Waals surface area contributed by atoms with Gasteiger partial charge in [-0.2, -0.15) is 0 Å². The third kappa shape index (κ3) is 3.89. The maximum atomic E-state index is 11.2. The van der Waals surface area contributed by atoms with E-state index in [1.165, 1.54) is 0 Å². The fraction of sp³-hybridized carbons (Fsp3) is 0.391. The van der Waals surface area contributed by atoms with E-state index in [0.717, 1.165) is 47.2 Å². The molecular formula is C23H28NO2. The Labute approximate surface area is 156 Å². The number of aliphatic hydroxyl groups is 2. The lowest BCUT2D eigenvalue weighted by Gasteiger charge is -2.37. The van der Waals surface area contributed by atoms with Gasteiger partial charge in [-0.1, -0.05) is 55.5 Å². The van der Waals surface area contributed by atoms with E-state index >= 15 is 0 Å². The second kappa shape index (κ2) is 8.15. The van der Waals surface area contributed by atoms with Gasteiger partial charge < -0.3 is 15.6 Å². The molecule has 0 aliphatic heterocycles. The molecule has 2 aromatic carbocycles. The largest absolute Gasteiger partial charge is 0.392 e. The SMILES string of the molecule is C[CH]CC(=N)C1CCC(O)(c2ccc(-c3ccccc3)c(CO)c2)CC1. The zero-order valence-electron chi connectivity index (χ0n) is 15.4. The monoisotopic (exact) mass is 350 g/mol. The maximum Gasteiger partial charge on any atom is 0.0897 e. The number of benzene rings is 2. The summed E-state index contributed by atoms with van der Waals surface area (Å²) in [6.07, 6.45) is 5.79. The highest BCUT2D eigenvalue weighted by Crippen LogP contribution is 2.41. The van der Waals surface area contributed by atoms with Crippen molar-refractivity contribution in [3.05, 3.63) is 66.1 Å². The Hall–Kier alpha value is -1.97. The average molecular weight is 350 g/mol. The van der Waals surface area contributed by atoms with Gasteiger partial charge in [-0.05, 0) is 66.7 Å². The first kappa shape index (κ1) is 18.8. The van der Waals surface area contributed by atoms with Gasteiger partial charge in [0.15, 0.2) is 0 Å². The van der Waals surface area contributed by atoms with Crippen molar-refractivity contribution in [2.45, 2.75) is 51.2 Å². The Morgan fingerprint density at radius 1 is 1.15 bits per heavy atom. The number of nitrogens with one attached hydrogen (secondary N) is 1. The van der Waals surface area contributed by atoms with Crippen LogP contribution < -0.4 is 0 Å².